The van der Waals surface area contributed by atoms with E-state index >= 15 is 0 Å². The number of carbonyl (C=O) groups is 1. The van der Waals surface area contributed by atoms with Crippen LogP contribution in [-0.4, -0.2) is 22.1 Å². The molecule has 7 heteroatoms. The van der Waals surface area contributed by atoms with Crippen LogP contribution in [0.25, 0.3) is 0 Å². The zero-order valence-corrected chi connectivity index (χ0v) is 15.4. The van der Waals surface area contributed by atoms with Gasteiger partial charge in [-0.15, -0.1) is 0 Å². The Morgan fingerprint density at radius 3 is 2.64 bits per heavy atom. The normalized spacial score (nSPS) is 11.8. The van der Waals surface area contributed by atoms with Gasteiger partial charge in [-0.25, -0.2) is 13.8 Å². The molecular weight excluding hydrogens is 364 g/mol. The van der Waals surface area contributed by atoms with Gasteiger partial charge in [-0.2, -0.15) is 0 Å². The number of aromatic nitrogens is 2. The summed E-state index contributed by atoms with van der Waals surface area (Å²) in [6.45, 7) is 0.292. The Bertz CT molecular complexity index is 925. The Kier molecular flexibility index (Phi) is 6.37. The van der Waals surface area contributed by atoms with Crippen LogP contribution in [0.15, 0.2) is 60.9 Å². The highest BCUT2D eigenvalue weighted by Crippen LogP contribution is 2.21. The van der Waals surface area contributed by atoms with Crippen molar-refractivity contribution in [1.82, 2.24) is 14.9 Å². The van der Waals surface area contributed by atoms with E-state index in [0.717, 1.165) is 5.56 Å². The zero-order valence-electron chi connectivity index (χ0n) is 15.4. The summed E-state index contributed by atoms with van der Waals surface area (Å²) in [5.74, 6) is 0.185. The van der Waals surface area contributed by atoms with E-state index in [1.54, 1.807) is 41.2 Å². The van der Waals surface area contributed by atoms with E-state index in [4.69, 9.17) is 4.74 Å². The third-order valence-corrected chi connectivity index (χ3v) is 4.24. The minimum atomic E-state index is -0.489. The largest absolute Gasteiger partial charge is 0.493 e. The molecule has 1 heterocycles. The van der Waals surface area contributed by atoms with Crippen molar-refractivity contribution >= 4 is 5.91 Å². The molecule has 0 fully saturated rings. The molecule has 5 nitrogen and oxygen atoms in total. The molecule has 1 aromatic heterocycles. The molecule has 0 radical (unpaired) electrons. The smallest absolute Gasteiger partial charge is 0.220 e. The van der Waals surface area contributed by atoms with E-state index in [1.807, 2.05) is 7.05 Å². The monoisotopic (exact) mass is 385 g/mol. The molecule has 3 rings (SSSR count). The van der Waals surface area contributed by atoms with Gasteiger partial charge in [0.15, 0.2) is 0 Å². The number of aryl methyl sites for hydroxylation is 1. The fourth-order valence-corrected chi connectivity index (χ4v) is 2.82. The summed E-state index contributed by atoms with van der Waals surface area (Å²) in [4.78, 5) is 16.7. The minimum absolute atomic E-state index is 0.180. The van der Waals surface area contributed by atoms with Crippen molar-refractivity contribution in [3.05, 3.63) is 83.9 Å². The lowest BCUT2D eigenvalue weighted by Crippen LogP contribution is -2.31. The minimum Gasteiger partial charge on any atom is -0.493 e. The van der Waals surface area contributed by atoms with Crippen molar-refractivity contribution < 1.29 is 18.3 Å². The quantitative estimate of drug-likeness (QED) is 0.601. The summed E-state index contributed by atoms with van der Waals surface area (Å²) < 4.78 is 33.6. The van der Waals surface area contributed by atoms with Crippen LogP contribution in [0.4, 0.5) is 8.78 Å². The number of halogens is 2. The maximum Gasteiger partial charge on any atom is 0.220 e. The molecular formula is C21H21F2N3O2. The molecule has 0 saturated carbocycles. The van der Waals surface area contributed by atoms with Crippen LogP contribution >= 0.6 is 0 Å². The van der Waals surface area contributed by atoms with Crippen LogP contribution in [0.1, 0.15) is 30.3 Å². The van der Waals surface area contributed by atoms with Crippen LogP contribution in [0.3, 0.4) is 0 Å². The Balaban J connectivity index is 1.58. The number of benzene rings is 2. The molecule has 1 unspecified atom stereocenters. The third kappa shape index (κ3) is 5.16. The Hall–Kier alpha value is -3.22. The predicted octanol–water partition coefficient (Wildman–Crippen LogP) is 3.76. The average molecular weight is 385 g/mol. The molecule has 1 atom stereocenters. The first kappa shape index (κ1) is 19.5. The number of amides is 1. The lowest BCUT2D eigenvalue weighted by atomic mass is 10.1. The van der Waals surface area contributed by atoms with E-state index in [9.17, 15) is 13.6 Å². The topological polar surface area (TPSA) is 56.2 Å². The van der Waals surface area contributed by atoms with Crippen LogP contribution in [0.5, 0.6) is 5.75 Å². The standard InChI is InChI=1S/C21H21F2N3O2/c1-26-12-11-24-21(26)20(15-7-9-16(22)10-8-15)25-19(27)6-3-13-28-18-5-2-4-17(23)14-18/h2,4-5,7-12,14,20H,3,6,13H2,1H3,(H,25,27). The molecule has 146 valence electrons. The van der Waals surface area contributed by atoms with Gasteiger partial charge in [0.2, 0.25) is 5.91 Å². The van der Waals surface area contributed by atoms with Gasteiger partial charge >= 0.3 is 0 Å². The number of imidazole rings is 1. The van der Waals surface area contributed by atoms with Gasteiger partial charge in [-0.05, 0) is 36.2 Å². The third-order valence-electron chi connectivity index (χ3n) is 4.24. The molecule has 0 saturated heterocycles. The van der Waals surface area contributed by atoms with Crippen molar-refractivity contribution in [3.63, 3.8) is 0 Å². The highest BCUT2D eigenvalue weighted by atomic mass is 19.1. The van der Waals surface area contributed by atoms with Gasteiger partial charge < -0.3 is 14.6 Å². The number of hydrogen-bond acceptors (Lipinski definition) is 3. The molecule has 1 N–H and O–H groups in total. The van der Waals surface area contributed by atoms with Crippen molar-refractivity contribution in [2.24, 2.45) is 7.05 Å². The average Bonchev–Trinajstić information content (AvgIpc) is 3.10. The second-order valence-corrected chi connectivity index (χ2v) is 6.36. The first-order valence-corrected chi connectivity index (χ1v) is 8.93. The molecule has 0 spiro atoms. The van der Waals surface area contributed by atoms with Crippen LogP contribution < -0.4 is 10.1 Å². The molecule has 1 amide bonds. The summed E-state index contributed by atoms with van der Waals surface area (Å²) in [5, 5.41) is 2.94. The van der Waals surface area contributed by atoms with E-state index in [0.29, 0.717) is 24.6 Å². The number of carbonyl (C=O) groups excluding carboxylic acids is 1. The summed E-state index contributed by atoms with van der Waals surface area (Å²) in [6.07, 6.45) is 4.13. The second-order valence-electron chi connectivity index (χ2n) is 6.36. The molecule has 0 bridgehead atoms. The van der Waals surface area contributed by atoms with Crippen LogP contribution in [0.2, 0.25) is 0 Å². The van der Waals surface area contributed by atoms with E-state index in [-0.39, 0.29) is 24.0 Å². The molecule has 28 heavy (non-hydrogen) atoms. The lowest BCUT2D eigenvalue weighted by Gasteiger charge is -2.19. The molecule has 2 aromatic carbocycles. The summed E-state index contributed by atoms with van der Waals surface area (Å²) in [7, 11) is 1.83. The van der Waals surface area contributed by atoms with Crippen molar-refractivity contribution in [1.29, 1.82) is 0 Å². The maximum atomic E-state index is 13.3. The van der Waals surface area contributed by atoms with Gasteiger partial charge in [0.05, 0.1) is 6.61 Å². The second kappa shape index (κ2) is 9.12. The summed E-state index contributed by atoms with van der Waals surface area (Å²) >= 11 is 0. The van der Waals surface area contributed by atoms with E-state index in [2.05, 4.69) is 10.3 Å². The maximum absolute atomic E-state index is 13.3. The Labute approximate surface area is 162 Å². The number of nitrogens with one attached hydrogen (secondary N) is 1. The van der Waals surface area contributed by atoms with Crippen molar-refractivity contribution in [2.75, 3.05) is 6.61 Å². The summed E-state index contributed by atoms with van der Waals surface area (Å²) in [5.41, 5.74) is 0.736. The van der Waals surface area contributed by atoms with Gasteiger partial charge in [-0.3, -0.25) is 4.79 Å². The fraction of sp³-hybridized carbons (Fsp3) is 0.238. The SMILES string of the molecule is Cn1ccnc1C(NC(=O)CCCOc1cccc(F)c1)c1ccc(F)cc1. The summed E-state index contributed by atoms with van der Waals surface area (Å²) in [6, 6.07) is 11.3. The highest BCUT2D eigenvalue weighted by Gasteiger charge is 2.20. The van der Waals surface area contributed by atoms with E-state index < -0.39 is 6.04 Å². The van der Waals surface area contributed by atoms with Gasteiger partial charge in [0.25, 0.3) is 0 Å². The van der Waals surface area contributed by atoms with Crippen LogP contribution in [-0.2, 0) is 11.8 Å². The molecule has 3 aromatic rings. The van der Waals surface area contributed by atoms with Gasteiger partial charge in [-0.1, -0.05) is 18.2 Å². The van der Waals surface area contributed by atoms with Gasteiger partial charge in [0, 0.05) is 31.9 Å². The van der Waals surface area contributed by atoms with Crippen molar-refractivity contribution in [2.45, 2.75) is 18.9 Å². The number of ether oxygens (including phenoxy) is 1. The number of hydrogen-bond donors (Lipinski definition) is 1. The Morgan fingerprint density at radius 2 is 1.96 bits per heavy atom. The van der Waals surface area contributed by atoms with Crippen LogP contribution in [0, 0.1) is 11.6 Å². The predicted molar refractivity (Wildman–Crippen MR) is 101 cm³/mol. The first-order valence-electron chi connectivity index (χ1n) is 8.93. The lowest BCUT2D eigenvalue weighted by molar-refractivity contribution is -0.121. The molecule has 0 aliphatic rings. The highest BCUT2D eigenvalue weighted by molar-refractivity contribution is 5.76. The van der Waals surface area contributed by atoms with Gasteiger partial charge in [0.1, 0.15) is 29.3 Å². The molecule has 0 aliphatic carbocycles. The first-order chi connectivity index (χ1) is 13.5. The van der Waals surface area contributed by atoms with Crippen molar-refractivity contribution in [3.8, 4) is 5.75 Å². The Morgan fingerprint density at radius 1 is 1.18 bits per heavy atom. The van der Waals surface area contributed by atoms with E-state index in [1.165, 1.54) is 24.3 Å². The zero-order chi connectivity index (χ0) is 19.9. The number of nitrogens with zero attached hydrogens (tertiary/aromatic N) is 2. The fourth-order valence-electron chi connectivity index (χ4n) is 2.82. The number of rotatable bonds is 8. The molecule has 0 aliphatic heterocycles.